The Kier molecular flexibility index (Phi) is 6.93. The number of aryl methyl sites for hydroxylation is 1. The van der Waals surface area contributed by atoms with E-state index in [1.165, 1.54) is 5.56 Å². The molecule has 1 aromatic heterocycles. The van der Waals surface area contributed by atoms with E-state index in [2.05, 4.69) is 57.5 Å². The molecule has 7 heteroatoms. The molecule has 0 saturated heterocycles. The molecule has 0 radical (unpaired) electrons. The highest BCUT2D eigenvalue weighted by Crippen LogP contribution is 2.25. The first kappa shape index (κ1) is 22.1. The van der Waals surface area contributed by atoms with Crippen LogP contribution in [0.25, 0.3) is 0 Å². The molecular formula is C25H21BrClN3O2. The van der Waals surface area contributed by atoms with Crippen LogP contribution in [0.15, 0.2) is 83.5 Å². The van der Waals surface area contributed by atoms with Gasteiger partial charge in [-0.05, 0) is 58.2 Å². The molecule has 32 heavy (non-hydrogen) atoms. The van der Waals surface area contributed by atoms with Gasteiger partial charge >= 0.3 is 0 Å². The highest BCUT2D eigenvalue weighted by molar-refractivity contribution is 9.10. The van der Waals surface area contributed by atoms with E-state index in [1.54, 1.807) is 22.9 Å². The largest absolute Gasteiger partial charge is 0.487 e. The highest BCUT2D eigenvalue weighted by atomic mass is 79.9. The maximum atomic E-state index is 12.8. The molecular weight excluding hydrogens is 490 g/mol. The predicted molar refractivity (Wildman–Crippen MR) is 130 cm³/mol. The van der Waals surface area contributed by atoms with E-state index in [0.29, 0.717) is 35.3 Å². The van der Waals surface area contributed by atoms with Gasteiger partial charge in [-0.25, -0.2) is 0 Å². The van der Waals surface area contributed by atoms with Crippen LogP contribution in [0.4, 0.5) is 5.82 Å². The molecule has 4 rings (SSSR count). The second kappa shape index (κ2) is 10.0. The van der Waals surface area contributed by atoms with Crippen LogP contribution in [0, 0.1) is 6.92 Å². The van der Waals surface area contributed by atoms with Crippen molar-refractivity contribution in [3.05, 3.63) is 111 Å². The van der Waals surface area contributed by atoms with Crippen LogP contribution >= 0.6 is 27.5 Å². The van der Waals surface area contributed by atoms with Gasteiger partial charge in [0.2, 0.25) is 0 Å². The van der Waals surface area contributed by atoms with Crippen molar-refractivity contribution in [2.75, 3.05) is 5.32 Å². The summed E-state index contributed by atoms with van der Waals surface area (Å²) in [7, 11) is 0. The Bertz CT molecular complexity index is 1240. The van der Waals surface area contributed by atoms with Gasteiger partial charge in [-0.3, -0.25) is 9.48 Å². The van der Waals surface area contributed by atoms with Crippen LogP contribution in [-0.2, 0) is 13.2 Å². The predicted octanol–water partition coefficient (Wildman–Crippen LogP) is 6.49. The lowest BCUT2D eigenvalue weighted by molar-refractivity contribution is 0.102. The molecule has 0 aliphatic carbocycles. The molecule has 0 aliphatic rings. The Labute approximate surface area is 200 Å². The fourth-order valence-corrected chi connectivity index (χ4v) is 3.75. The van der Waals surface area contributed by atoms with Gasteiger partial charge in [-0.1, -0.05) is 65.7 Å². The first-order valence-corrected chi connectivity index (χ1v) is 11.2. The normalized spacial score (nSPS) is 10.7. The minimum Gasteiger partial charge on any atom is -0.487 e. The number of anilines is 1. The summed E-state index contributed by atoms with van der Waals surface area (Å²) >= 11 is 9.62. The molecule has 0 fully saturated rings. The Morgan fingerprint density at radius 3 is 2.62 bits per heavy atom. The molecule has 5 nitrogen and oxygen atoms in total. The first-order chi connectivity index (χ1) is 15.5. The fourth-order valence-electron chi connectivity index (χ4n) is 3.15. The monoisotopic (exact) mass is 509 g/mol. The van der Waals surface area contributed by atoms with Crippen LogP contribution in [0.5, 0.6) is 5.75 Å². The zero-order valence-electron chi connectivity index (χ0n) is 17.4. The van der Waals surface area contributed by atoms with E-state index in [-0.39, 0.29) is 5.91 Å². The number of halogens is 2. The van der Waals surface area contributed by atoms with Crippen LogP contribution in [-0.4, -0.2) is 15.7 Å². The summed E-state index contributed by atoms with van der Waals surface area (Å²) < 4.78 is 8.28. The number of nitrogens with zero attached hydrogens (tertiary/aromatic N) is 2. The quantitative estimate of drug-likeness (QED) is 0.309. The number of carbonyl (C=O) groups is 1. The number of benzene rings is 3. The molecule has 0 aliphatic heterocycles. The number of nitrogens with one attached hydrogen (secondary N) is 1. The molecule has 1 N–H and O–H groups in total. The number of para-hydroxylation sites is 1. The maximum absolute atomic E-state index is 12.8. The van der Waals surface area contributed by atoms with E-state index in [0.717, 1.165) is 15.6 Å². The number of rotatable bonds is 7. The molecule has 4 aromatic rings. The van der Waals surface area contributed by atoms with Crippen molar-refractivity contribution in [1.82, 2.24) is 9.78 Å². The first-order valence-electron chi connectivity index (χ1n) is 10.0. The summed E-state index contributed by atoms with van der Waals surface area (Å²) in [5.41, 5.74) is 3.73. The average Bonchev–Trinajstić information content (AvgIpc) is 3.13. The summed E-state index contributed by atoms with van der Waals surface area (Å²) in [6.07, 6.45) is 1.85. The lowest BCUT2D eigenvalue weighted by Gasteiger charge is -2.09. The Hall–Kier alpha value is -3.09. The van der Waals surface area contributed by atoms with Gasteiger partial charge in [-0.2, -0.15) is 5.10 Å². The van der Waals surface area contributed by atoms with Crippen molar-refractivity contribution in [2.24, 2.45) is 0 Å². The van der Waals surface area contributed by atoms with Gasteiger partial charge in [0.1, 0.15) is 12.4 Å². The van der Waals surface area contributed by atoms with Gasteiger partial charge in [-0.15, -0.1) is 0 Å². The SMILES string of the molecule is Cc1ccc(Cn2cc(Br)c(NC(=O)c3cccc(COc4ccccc4Cl)c3)n2)cc1. The maximum Gasteiger partial charge on any atom is 0.256 e. The van der Waals surface area contributed by atoms with Gasteiger partial charge in [0, 0.05) is 11.8 Å². The van der Waals surface area contributed by atoms with Crippen molar-refractivity contribution in [3.63, 3.8) is 0 Å². The number of carbonyl (C=O) groups excluding carboxylic acids is 1. The Morgan fingerprint density at radius 1 is 1.06 bits per heavy atom. The summed E-state index contributed by atoms with van der Waals surface area (Å²) in [6.45, 7) is 2.98. The number of aromatic nitrogens is 2. The van der Waals surface area contributed by atoms with E-state index < -0.39 is 0 Å². The molecule has 1 heterocycles. The van der Waals surface area contributed by atoms with Gasteiger partial charge in [0.15, 0.2) is 5.82 Å². The van der Waals surface area contributed by atoms with Crippen molar-refractivity contribution >= 4 is 39.3 Å². The van der Waals surface area contributed by atoms with E-state index in [1.807, 2.05) is 36.5 Å². The molecule has 162 valence electrons. The van der Waals surface area contributed by atoms with Gasteiger partial charge < -0.3 is 10.1 Å². The standard InChI is InChI=1S/C25H21BrClN3O2/c1-17-9-11-18(12-10-17)14-30-15-21(26)24(29-30)28-25(31)20-6-4-5-19(13-20)16-32-23-8-3-2-7-22(23)27/h2-13,15H,14,16H2,1H3,(H,28,29,31). The van der Waals surface area contributed by atoms with Crippen LogP contribution in [0.3, 0.4) is 0 Å². The molecule has 3 aromatic carbocycles. The molecule has 0 bridgehead atoms. The van der Waals surface area contributed by atoms with Crippen LogP contribution in [0.1, 0.15) is 27.0 Å². The third kappa shape index (κ3) is 5.58. The second-order valence-corrected chi connectivity index (χ2v) is 8.64. The molecule has 0 saturated carbocycles. The highest BCUT2D eigenvalue weighted by Gasteiger charge is 2.13. The Morgan fingerprint density at radius 2 is 1.84 bits per heavy atom. The number of ether oxygens (including phenoxy) is 1. The van der Waals surface area contributed by atoms with E-state index in [4.69, 9.17) is 16.3 Å². The molecule has 0 spiro atoms. The smallest absolute Gasteiger partial charge is 0.256 e. The summed E-state index contributed by atoms with van der Waals surface area (Å²) in [5.74, 6) is 0.831. The summed E-state index contributed by atoms with van der Waals surface area (Å²) in [4.78, 5) is 12.8. The molecule has 0 atom stereocenters. The third-order valence-corrected chi connectivity index (χ3v) is 5.73. The number of amides is 1. The topological polar surface area (TPSA) is 56.2 Å². The van der Waals surface area contributed by atoms with Crippen molar-refractivity contribution < 1.29 is 9.53 Å². The van der Waals surface area contributed by atoms with Crippen molar-refractivity contribution in [3.8, 4) is 5.75 Å². The number of hydrogen-bond acceptors (Lipinski definition) is 3. The van der Waals surface area contributed by atoms with Crippen LogP contribution < -0.4 is 10.1 Å². The lowest BCUT2D eigenvalue weighted by Crippen LogP contribution is -2.13. The molecule has 0 unspecified atom stereocenters. The summed E-state index contributed by atoms with van der Waals surface area (Å²) in [6, 6.07) is 22.8. The van der Waals surface area contributed by atoms with Gasteiger partial charge in [0.25, 0.3) is 5.91 Å². The third-order valence-electron chi connectivity index (χ3n) is 4.83. The second-order valence-electron chi connectivity index (χ2n) is 7.38. The average molecular weight is 511 g/mol. The van der Waals surface area contributed by atoms with Crippen molar-refractivity contribution in [1.29, 1.82) is 0 Å². The number of hydrogen-bond donors (Lipinski definition) is 1. The minimum absolute atomic E-state index is 0.245. The summed E-state index contributed by atoms with van der Waals surface area (Å²) in [5, 5.41) is 7.92. The van der Waals surface area contributed by atoms with Crippen LogP contribution in [0.2, 0.25) is 5.02 Å². The lowest BCUT2D eigenvalue weighted by atomic mass is 10.1. The van der Waals surface area contributed by atoms with Gasteiger partial charge in [0.05, 0.1) is 16.0 Å². The van der Waals surface area contributed by atoms with Crippen molar-refractivity contribution in [2.45, 2.75) is 20.1 Å². The van der Waals surface area contributed by atoms with E-state index >= 15 is 0 Å². The zero-order valence-corrected chi connectivity index (χ0v) is 19.7. The van der Waals surface area contributed by atoms with E-state index in [9.17, 15) is 4.79 Å². The Balaban J connectivity index is 1.41. The minimum atomic E-state index is -0.245. The zero-order chi connectivity index (χ0) is 22.5. The molecule has 1 amide bonds. The fraction of sp³-hybridized carbons (Fsp3) is 0.120.